The fourth-order valence-electron chi connectivity index (χ4n) is 1.46. The molecule has 1 aromatic heterocycles. The predicted octanol–water partition coefficient (Wildman–Crippen LogP) is 2.53. The zero-order chi connectivity index (χ0) is 11.2. The highest BCUT2D eigenvalue weighted by Gasteiger charge is 2.03. The minimum absolute atomic E-state index is 0.524. The second-order valence-electron chi connectivity index (χ2n) is 3.54. The number of aromatic nitrogens is 1. The van der Waals surface area contributed by atoms with Gasteiger partial charge in [0.15, 0.2) is 0 Å². The SMILES string of the molecule is O=S(Cc1ccccc1)Cc1ccccn1. The van der Waals surface area contributed by atoms with Gasteiger partial charge in [0, 0.05) is 22.7 Å². The lowest BCUT2D eigenvalue weighted by Crippen LogP contribution is -2.00. The lowest BCUT2D eigenvalue weighted by Gasteiger charge is -2.01. The van der Waals surface area contributed by atoms with Gasteiger partial charge in [-0.3, -0.25) is 9.19 Å². The Morgan fingerprint density at radius 3 is 2.38 bits per heavy atom. The number of benzene rings is 1. The first kappa shape index (κ1) is 11.0. The van der Waals surface area contributed by atoms with Gasteiger partial charge in [-0.05, 0) is 17.7 Å². The van der Waals surface area contributed by atoms with Crippen LogP contribution in [0, 0.1) is 0 Å². The first-order valence-electron chi connectivity index (χ1n) is 5.13. The molecule has 0 aliphatic heterocycles. The third-order valence-corrected chi connectivity index (χ3v) is 3.48. The van der Waals surface area contributed by atoms with Gasteiger partial charge in [0.05, 0.1) is 11.4 Å². The number of rotatable bonds is 4. The quantitative estimate of drug-likeness (QED) is 0.809. The summed E-state index contributed by atoms with van der Waals surface area (Å²) in [5.74, 6) is 1.12. The minimum atomic E-state index is -0.884. The van der Waals surface area contributed by atoms with Crippen LogP contribution in [-0.2, 0) is 22.3 Å². The molecule has 0 amide bonds. The summed E-state index contributed by atoms with van der Waals surface area (Å²) >= 11 is 0. The number of hydrogen-bond donors (Lipinski definition) is 0. The van der Waals surface area contributed by atoms with E-state index in [0.29, 0.717) is 11.5 Å². The molecular weight excluding hydrogens is 218 g/mol. The molecule has 2 aromatic rings. The van der Waals surface area contributed by atoms with Gasteiger partial charge < -0.3 is 0 Å². The maximum Gasteiger partial charge on any atom is 0.0662 e. The summed E-state index contributed by atoms with van der Waals surface area (Å²) in [5.41, 5.74) is 1.99. The van der Waals surface area contributed by atoms with E-state index in [1.807, 2.05) is 48.5 Å². The molecule has 0 fully saturated rings. The maximum atomic E-state index is 11.9. The Bertz CT molecular complexity index is 412. The predicted molar refractivity (Wildman–Crippen MR) is 66.2 cm³/mol. The van der Waals surface area contributed by atoms with Gasteiger partial charge in [0.25, 0.3) is 0 Å². The van der Waals surface area contributed by atoms with E-state index >= 15 is 0 Å². The third kappa shape index (κ3) is 3.28. The average molecular weight is 231 g/mol. The number of pyridine rings is 1. The van der Waals surface area contributed by atoms with Crippen molar-refractivity contribution in [2.24, 2.45) is 0 Å². The molecule has 0 saturated heterocycles. The zero-order valence-corrected chi connectivity index (χ0v) is 9.69. The fourth-order valence-corrected chi connectivity index (χ4v) is 2.63. The first-order valence-corrected chi connectivity index (χ1v) is 6.62. The molecule has 0 aliphatic carbocycles. The topological polar surface area (TPSA) is 30.0 Å². The molecule has 0 saturated carbocycles. The van der Waals surface area contributed by atoms with Gasteiger partial charge in [-0.2, -0.15) is 0 Å². The van der Waals surface area contributed by atoms with Crippen molar-refractivity contribution in [1.82, 2.24) is 4.98 Å². The summed E-state index contributed by atoms with van der Waals surface area (Å²) in [5, 5.41) is 0. The Morgan fingerprint density at radius 2 is 1.69 bits per heavy atom. The summed E-state index contributed by atoms with van der Waals surface area (Å²) in [6, 6.07) is 15.6. The van der Waals surface area contributed by atoms with Crippen LogP contribution >= 0.6 is 0 Å². The van der Waals surface area contributed by atoms with E-state index in [1.54, 1.807) is 6.20 Å². The van der Waals surface area contributed by atoms with Gasteiger partial charge in [-0.15, -0.1) is 0 Å². The normalized spacial score (nSPS) is 12.2. The molecule has 0 aliphatic rings. The van der Waals surface area contributed by atoms with Crippen LogP contribution in [0.3, 0.4) is 0 Å². The highest BCUT2D eigenvalue weighted by molar-refractivity contribution is 7.83. The van der Waals surface area contributed by atoms with Crippen molar-refractivity contribution >= 4 is 10.8 Å². The Morgan fingerprint density at radius 1 is 0.938 bits per heavy atom. The maximum absolute atomic E-state index is 11.9. The van der Waals surface area contributed by atoms with Crippen LogP contribution in [0.25, 0.3) is 0 Å². The molecule has 1 unspecified atom stereocenters. The molecule has 2 nitrogen and oxygen atoms in total. The summed E-state index contributed by atoms with van der Waals surface area (Å²) in [6.45, 7) is 0. The number of hydrogen-bond acceptors (Lipinski definition) is 2. The molecule has 0 bridgehead atoms. The van der Waals surface area contributed by atoms with E-state index in [2.05, 4.69) is 4.98 Å². The summed E-state index contributed by atoms with van der Waals surface area (Å²) < 4.78 is 11.9. The summed E-state index contributed by atoms with van der Waals surface area (Å²) in [7, 11) is -0.884. The Labute approximate surface area is 97.8 Å². The first-order chi connectivity index (χ1) is 7.84. The van der Waals surface area contributed by atoms with Gasteiger partial charge in [0.2, 0.25) is 0 Å². The monoisotopic (exact) mass is 231 g/mol. The fraction of sp³-hybridized carbons (Fsp3) is 0.154. The van der Waals surface area contributed by atoms with E-state index in [9.17, 15) is 4.21 Å². The molecule has 2 rings (SSSR count). The van der Waals surface area contributed by atoms with Crippen molar-refractivity contribution in [3.63, 3.8) is 0 Å². The average Bonchev–Trinajstić information content (AvgIpc) is 2.31. The van der Waals surface area contributed by atoms with E-state index < -0.39 is 10.8 Å². The highest BCUT2D eigenvalue weighted by Crippen LogP contribution is 2.06. The lowest BCUT2D eigenvalue weighted by atomic mass is 10.2. The van der Waals surface area contributed by atoms with E-state index in [4.69, 9.17) is 0 Å². The molecule has 16 heavy (non-hydrogen) atoms. The van der Waals surface area contributed by atoms with Gasteiger partial charge in [-0.1, -0.05) is 36.4 Å². The van der Waals surface area contributed by atoms with Crippen LogP contribution in [0.1, 0.15) is 11.3 Å². The lowest BCUT2D eigenvalue weighted by molar-refractivity contribution is 0.681. The summed E-state index contributed by atoms with van der Waals surface area (Å²) in [6.07, 6.45) is 1.73. The van der Waals surface area contributed by atoms with Crippen molar-refractivity contribution in [3.8, 4) is 0 Å². The molecule has 1 atom stereocenters. The van der Waals surface area contributed by atoms with Crippen LogP contribution in [0.4, 0.5) is 0 Å². The molecule has 82 valence electrons. The molecule has 1 heterocycles. The van der Waals surface area contributed by atoms with Crippen LogP contribution in [-0.4, -0.2) is 9.19 Å². The van der Waals surface area contributed by atoms with Crippen molar-refractivity contribution in [3.05, 3.63) is 66.0 Å². The van der Waals surface area contributed by atoms with E-state index in [-0.39, 0.29) is 0 Å². The molecule has 0 N–H and O–H groups in total. The number of nitrogens with zero attached hydrogens (tertiary/aromatic N) is 1. The van der Waals surface area contributed by atoms with Crippen molar-refractivity contribution < 1.29 is 4.21 Å². The van der Waals surface area contributed by atoms with Crippen molar-refractivity contribution in [2.45, 2.75) is 11.5 Å². The molecule has 0 spiro atoms. The Kier molecular flexibility index (Phi) is 3.83. The summed E-state index contributed by atoms with van der Waals surface area (Å²) in [4.78, 5) is 4.17. The molecule has 0 radical (unpaired) electrons. The zero-order valence-electron chi connectivity index (χ0n) is 8.87. The molecular formula is C13H13NOS. The van der Waals surface area contributed by atoms with Gasteiger partial charge in [0.1, 0.15) is 0 Å². The molecule has 3 heteroatoms. The van der Waals surface area contributed by atoms with Crippen LogP contribution < -0.4 is 0 Å². The van der Waals surface area contributed by atoms with Gasteiger partial charge >= 0.3 is 0 Å². The van der Waals surface area contributed by atoms with Crippen LogP contribution in [0.2, 0.25) is 0 Å². The van der Waals surface area contributed by atoms with E-state index in [0.717, 1.165) is 11.3 Å². The second-order valence-corrected chi connectivity index (χ2v) is 4.99. The standard InChI is InChI=1S/C13H13NOS/c15-16(10-12-6-2-1-3-7-12)11-13-8-4-5-9-14-13/h1-9H,10-11H2. The molecule has 1 aromatic carbocycles. The highest BCUT2D eigenvalue weighted by atomic mass is 32.2. The largest absolute Gasteiger partial charge is 0.260 e. The smallest absolute Gasteiger partial charge is 0.0662 e. The Balaban J connectivity index is 1.95. The van der Waals surface area contributed by atoms with Crippen molar-refractivity contribution in [2.75, 3.05) is 0 Å². The van der Waals surface area contributed by atoms with Crippen LogP contribution in [0.5, 0.6) is 0 Å². The van der Waals surface area contributed by atoms with Crippen LogP contribution in [0.15, 0.2) is 54.7 Å². The van der Waals surface area contributed by atoms with E-state index in [1.165, 1.54) is 0 Å². The third-order valence-electron chi connectivity index (χ3n) is 2.21. The second kappa shape index (κ2) is 5.56. The minimum Gasteiger partial charge on any atom is -0.260 e. The van der Waals surface area contributed by atoms with Crippen molar-refractivity contribution in [1.29, 1.82) is 0 Å². The van der Waals surface area contributed by atoms with Gasteiger partial charge in [-0.25, -0.2) is 0 Å². The Hall–Kier alpha value is -1.48.